The Kier molecular flexibility index (Phi) is 7.07. The van der Waals surface area contributed by atoms with E-state index in [1.807, 2.05) is 0 Å². The number of hydrogen-bond donors (Lipinski definition) is 1. The summed E-state index contributed by atoms with van der Waals surface area (Å²) >= 11 is 0.975. The molecular weight excluding hydrogens is 539 g/mol. The van der Waals surface area contributed by atoms with Crippen LogP contribution in [-0.4, -0.2) is 66.6 Å². The van der Waals surface area contributed by atoms with Gasteiger partial charge in [0.1, 0.15) is 11.3 Å². The number of nitrogens with zero attached hydrogens (tertiary/aromatic N) is 6. The van der Waals surface area contributed by atoms with Crippen molar-refractivity contribution < 1.29 is 23.8 Å². The number of fused-ring (bicyclic) bond motifs is 1. The summed E-state index contributed by atoms with van der Waals surface area (Å²) in [5, 5.41) is 9.68. The molecule has 2 aliphatic rings. The normalized spacial score (nSPS) is 17.6. The molecule has 11 nitrogen and oxygen atoms in total. The Labute approximate surface area is 231 Å². The minimum Gasteiger partial charge on any atom is -0.477 e. The van der Waals surface area contributed by atoms with E-state index in [0.29, 0.717) is 37.3 Å². The van der Waals surface area contributed by atoms with Crippen LogP contribution in [0.2, 0.25) is 0 Å². The van der Waals surface area contributed by atoms with E-state index < -0.39 is 22.8 Å². The van der Waals surface area contributed by atoms with Gasteiger partial charge in [-0.25, -0.2) is 14.2 Å². The van der Waals surface area contributed by atoms with E-state index in [9.17, 15) is 19.5 Å². The molecule has 6 heterocycles. The number of halogens is 1. The van der Waals surface area contributed by atoms with Gasteiger partial charge in [-0.05, 0) is 43.9 Å². The second kappa shape index (κ2) is 10.8. The molecule has 6 rings (SSSR count). The molecule has 1 atom stereocenters. The van der Waals surface area contributed by atoms with Crippen LogP contribution < -0.4 is 10.3 Å². The fraction of sp³-hybridized carbons (Fsp3) is 0.370. The number of anilines is 1. The van der Waals surface area contributed by atoms with Crippen LogP contribution in [0, 0.1) is 11.7 Å². The number of carboxylic acids is 1. The van der Waals surface area contributed by atoms with E-state index in [0.717, 1.165) is 49.7 Å². The first-order chi connectivity index (χ1) is 19.4. The highest BCUT2D eigenvalue weighted by Crippen LogP contribution is 2.31. The fourth-order valence-corrected chi connectivity index (χ4v) is 5.73. The lowest BCUT2D eigenvalue weighted by atomic mass is 9.91. The Bertz CT molecular complexity index is 1650. The van der Waals surface area contributed by atoms with Crippen LogP contribution in [0.25, 0.3) is 27.6 Å². The van der Waals surface area contributed by atoms with Gasteiger partial charge in [0.25, 0.3) is 0 Å². The standard InChI is InChI=1S/C27H25FN6O5S/c28-20-10-18-22(36)19(26(37)38)14-34(27-30-23(32-40-27)15-4-3-8-29-11-15)24(18)31-25(20)33-12-16(13-33)21(35)7-6-17-5-1-2-9-39-17/h3-4,8,10-11,14,16-17H,1-2,5-7,9,12-13H2,(H,37,38). The smallest absolute Gasteiger partial charge is 0.341 e. The summed E-state index contributed by atoms with van der Waals surface area (Å²) in [4.78, 5) is 52.1. The van der Waals surface area contributed by atoms with Crippen molar-refractivity contribution in [3.05, 3.63) is 58.4 Å². The Balaban J connectivity index is 1.29. The molecule has 40 heavy (non-hydrogen) atoms. The maximum atomic E-state index is 15.2. The van der Waals surface area contributed by atoms with Gasteiger partial charge in [0, 0.05) is 61.8 Å². The molecule has 2 fully saturated rings. The highest BCUT2D eigenvalue weighted by Gasteiger charge is 2.35. The molecule has 4 aromatic heterocycles. The van der Waals surface area contributed by atoms with Crippen molar-refractivity contribution in [2.24, 2.45) is 5.92 Å². The number of aromatic carboxylic acids is 1. The summed E-state index contributed by atoms with van der Waals surface area (Å²) in [5.74, 6) is -1.99. The third kappa shape index (κ3) is 4.97. The summed E-state index contributed by atoms with van der Waals surface area (Å²) in [6.45, 7) is 1.35. The van der Waals surface area contributed by atoms with Gasteiger partial charge in [0.05, 0.1) is 17.4 Å². The third-order valence-corrected chi connectivity index (χ3v) is 8.02. The van der Waals surface area contributed by atoms with Gasteiger partial charge in [-0.2, -0.15) is 9.36 Å². The number of aromatic nitrogens is 5. The van der Waals surface area contributed by atoms with Gasteiger partial charge in [-0.15, -0.1) is 0 Å². The molecule has 206 valence electrons. The fourth-order valence-electron chi connectivity index (χ4n) is 5.06. The zero-order valence-electron chi connectivity index (χ0n) is 21.3. The average molecular weight is 565 g/mol. The van der Waals surface area contributed by atoms with E-state index in [1.54, 1.807) is 29.4 Å². The largest absolute Gasteiger partial charge is 0.477 e. The van der Waals surface area contributed by atoms with Gasteiger partial charge in [-0.1, -0.05) is 0 Å². The molecule has 1 N–H and O–H groups in total. The lowest BCUT2D eigenvalue weighted by Crippen LogP contribution is -2.51. The number of pyridine rings is 3. The molecule has 2 saturated heterocycles. The van der Waals surface area contributed by atoms with Crippen LogP contribution in [0.4, 0.5) is 10.2 Å². The summed E-state index contributed by atoms with van der Waals surface area (Å²) in [5.41, 5.74) is -0.698. The van der Waals surface area contributed by atoms with Crippen molar-refractivity contribution in [1.29, 1.82) is 0 Å². The zero-order valence-corrected chi connectivity index (χ0v) is 22.1. The van der Waals surface area contributed by atoms with E-state index in [-0.39, 0.29) is 39.8 Å². The Morgan fingerprint density at radius 3 is 2.80 bits per heavy atom. The van der Waals surface area contributed by atoms with Crippen LogP contribution >= 0.6 is 11.5 Å². The molecule has 0 amide bonds. The van der Waals surface area contributed by atoms with Crippen molar-refractivity contribution in [3.63, 3.8) is 0 Å². The van der Waals surface area contributed by atoms with Crippen molar-refractivity contribution in [2.45, 2.75) is 38.2 Å². The lowest BCUT2D eigenvalue weighted by molar-refractivity contribution is -0.124. The number of carboxylic acid groups (broad SMARTS) is 1. The quantitative estimate of drug-likeness (QED) is 0.338. The molecule has 0 saturated carbocycles. The predicted molar refractivity (Wildman–Crippen MR) is 144 cm³/mol. The van der Waals surface area contributed by atoms with Gasteiger partial charge in [0.2, 0.25) is 10.6 Å². The number of hydrogen-bond acceptors (Lipinski definition) is 10. The topological polar surface area (TPSA) is 140 Å². The summed E-state index contributed by atoms with van der Waals surface area (Å²) < 4.78 is 26.6. The molecule has 4 aromatic rings. The zero-order chi connectivity index (χ0) is 27.8. The second-order valence-electron chi connectivity index (χ2n) is 9.95. The first-order valence-electron chi connectivity index (χ1n) is 13.0. The van der Waals surface area contributed by atoms with Crippen LogP contribution in [0.15, 0.2) is 41.6 Å². The van der Waals surface area contributed by atoms with Crippen molar-refractivity contribution >= 4 is 40.1 Å². The first kappa shape index (κ1) is 26.1. The van der Waals surface area contributed by atoms with E-state index in [1.165, 1.54) is 4.57 Å². The molecule has 13 heteroatoms. The number of ether oxygens (including phenoxy) is 1. The Morgan fingerprint density at radius 2 is 2.08 bits per heavy atom. The Hall–Kier alpha value is -4.10. The maximum absolute atomic E-state index is 15.2. The van der Waals surface area contributed by atoms with E-state index in [2.05, 4.69) is 19.3 Å². The number of rotatable bonds is 8. The highest BCUT2D eigenvalue weighted by molar-refractivity contribution is 7.08. The Morgan fingerprint density at radius 1 is 1.23 bits per heavy atom. The minimum atomic E-state index is -1.45. The molecule has 2 aliphatic heterocycles. The second-order valence-corrected chi connectivity index (χ2v) is 10.7. The monoisotopic (exact) mass is 564 g/mol. The predicted octanol–water partition coefficient (Wildman–Crippen LogP) is 3.49. The molecule has 1 unspecified atom stereocenters. The van der Waals surface area contributed by atoms with Gasteiger partial charge < -0.3 is 14.7 Å². The summed E-state index contributed by atoms with van der Waals surface area (Å²) in [6.07, 6.45) is 8.72. The molecule has 0 bridgehead atoms. The maximum Gasteiger partial charge on any atom is 0.341 e. The van der Waals surface area contributed by atoms with Crippen molar-refractivity contribution in [2.75, 3.05) is 24.6 Å². The van der Waals surface area contributed by atoms with Crippen LogP contribution in [0.1, 0.15) is 42.5 Å². The molecule has 0 aromatic carbocycles. The minimum absolute atomic E-state index is 0.0135. The third-order valence-electron chi connectivity index (χ3n) is 7.31. The lowest BCUT2D eigenvalue weighted by Gasteiger charge is -2.39. The first-order valence-corrected chi connectivity index (χ1v) is 13.8. The molecule has 0 radical (unpaired) electrons. The van der Waals surface area contributed by atoms with Gasteiger partial charge >= 0.3 is 5.97 Å². The average Bonchev–Trinajstić information content (AvgIpc) is 3.43. The van der Waals surface area contributed by atoms with E-state index >= 15 is 4.39 Å². The SMILES string of the molecule is O=C(O)c1cn(-c2nc(-c3cccnc3)ns2)c2nc(N3CC(C(=O)CCC4CCCCO4)C3)c(F)cc2c1=O. The van der Waals surface area contributed by atoms with Gasteiger partial charge in [0.15, 0.2) is 23.1 Å². The van der Waals surface area contributed by atoms with E-state index in [4.69, 9.17) is 4.74 Å². The van der Waals surface area contributed by atoms with Gasteiger partial charge in [-0.3, -0.25) is 19.1 Å². The molecular formula is C27H25FN6O5S. The summed E-state index contributed by atoms with van der Waals surface area (Å²) in [7, 11) is 0. The number of carbonyl (C=O) groups excluding carboxylic acids is 1. The number of Topliss-reactive ketones (excluding diaryl/α,β-unsaturated/α-hetero) is 1. The highest BCUT2D eigenvalue weighted by atomic mass is 32.1. The van der Waals surface area contributed by atoms with Crippen molar-refractivity contribution in [1.82, 2.24) is 23.9 Å². The van der Waals surface area contributed by atoms with Crippen LogP contribution in [0.5, 0.6) is 0 Å². The molecule has 0 aliphatic carbocycles. The number of ketones is 1. The summed E-state index contributed by atoms with van der Waals surface area (Å²) in [6, 6.07) is 4.51. The van der Waals surface area contributed by atoms with Crippen LogP contribution in [-0.2, 0) is 9.53 Å². The number of carbonyl (C=O) groups is 2. The van der Waals surface area contributed by atoms with Crippen LogP contribution in [0.3, 0.4) is 0 Å². The molecule has 0 spiro atoms. The van der Waals surface area contributed by atoms with Crippen molar-refractivity contribution in [3.8, 4) is 16.5 Å².